The first-order chi connectivity index (χ1) is 21.0. The van der Waals surface area contributed by atoms with Gasteiger partial charge in [0.05, 0.1) is 29.3 Å². The van der Waals surface area contributed by atoms with E-state index < -0.39 is 30.1 Å². The van der Waals surface area contributed by atoms with Crippen LogP contribution in [0.25, 0.3) is 22.3 Å². The molecule has 2 N–H and O–H groups in total. The number of ether oxygens (including phenoxy) is 2. The van der Waals surface area contributed by atoms with Crippen molar-refractivity contribution in [2.45, 2.75) is 77.9 Å². The Kier molecular flexibility index (Phi) is 13.1. The van der Waals surface area contributed by atoms with Crippen molar-refractivity contribution in [3.63, 3.8) is 0 Å². The van der Waals surface area contributed by atoms with Gasteiger partial charge in [0.1, 0.15) is 13.2 Å². The summed E-state index contributed by atoms with van der Waals surface area (Å²) in [7, 11) is 0. The topological polar surface area (TPSA) is 93.1 Å². The first kappa shape index (κ1) is 34.5. The van der Waals surface area contributed by atoms with Crippen molar-refractivity contribution in [2.24, 2.45) is 0 Å². The van der Waals surface area contributed by atoms with E-state index in [1.807, 2.05) is 18.2 Å². The average molecular weight is 599 g/mol. The third-order valence-corrected chi connectivity index (χ3v) is 7.90. The zero-order valence-electron chi connectivity index (χ0n) is 26.5. The summed E-state index contributed by atoms with van der Waals surface area (Å²) in [6.07, 6.45) is 3.49. The second-order valence-electron chi connectivity index (χ2n) is 11.3. The van der Waals surface area contributed by atoms with E-state index in [4.69, 9.17) is 9.47 Å². The zero-order valence-corrected chi connectivity index (χ0v) is 26.5. The molecule has 0 saturated carbocycles. The number of benzene rings is 3. The monoisotopic (exact) mass is 598 g/mol. The number of hydrogen-bond acceptors (Lipinski definition) is 6. The van der Waals surface area contributed by atoms with Gasteiger partial charge in [0.2, 0.25) is 0 Å². The summed E-state index contributed by atoms with van der Waals surface area (Å²) in [5, 5.41) is 19.4. The molecule has 0 bridgehead atoms. The van der Waals surface area contributed by atoms with Gasteiger partial charge in [-0.1, -0.05) is 107 Å². The summed E-state index contributed by atoms with van der Waals surface area (Å²) in [5.41, 5.74) is 7.70. The molecule has 0 saturated heterocycles. The number of esters is 2. The van der Waals surface area contributed by atoms with Crippen molar-refractivity contribution in [3.05, 3.63) is 108 Å². The SMILES string of the molecule is C=C(C(=O)OCC(COC(=O)C(=C)C(C)O)c1ccc(-c2ccc(-c3ccc(CCCCC)cc3)cc2)c(CC)c1)C(C)O. The van der Waals surface area contributed by atoms with E-state index in [1.165, 1.54) is 44.2 Å². The summed E-state index contributed by atoms with van der Waals surface area (Å²) in [6, 6.07) is 23.4. The molecule has 3 aromatic rings. The van der Waals surface area contributed by atoms with Crippen LogP contribution >= 0.6 is 0 Å². The molecule has 0 amide bonds. The van der Waals surface area contributed by atoms with Crippen LogP contribution in [0.3, 0.4) is 0 Å². The lowest BCUT2D eigenvalue weighted by molar-refractivity contribution is -0.143. The fraction of sp³-hybridized carbons (Fsp3) is 0.368. The van der Waals surface area contributed by atoms with Crippen LogP contribution in [-0.2, 0) is 31.9 Å². The second kappa shape index (κ2) is 16.7. The molecule has 2 atom stereocenters. The summed E-state index contributed by atoms with van der Waals surface area (Å²) >= 11 is 0. The fourth-order valence-corrected chi connectivity index (χ4v) is 4.85. The lowest BCUT2D eigenvalue weighted by Crippen LogP contribution is -2.24. The van der Waals surface area contributed by atoms with E-state index in [1.54, 1.807) is 0 Å². The van der Waals surface area contributed by atoms with Crippen LogP contribution in [0, 0.1) is 0 Å². The number of unbranched alkanes of at least 4 members (excludes halogenated alkanes) is 2. The number of carbonyl (C=O) groups excluding carboxylic acids is 2. The van der Waals surface area contributed by atoms with Gasteiger partial charge in [-0.2, -0.15) is 0 Å². The van der Waals surface area contributed by atoms with Gasteiger partial charge >= 0.3 is 11.9 Å². The van der Waals surface area contributed by atoms with E-state index in [9.17, 15) is 19.8 Å². The Bertz CT molecular complexity index is 1380. The molecule has 6 nitrogen and oxygen atoms in total. The maximum Gasteiger partial charge on any atom is 0.336 e. The molecule has 2 unspecified atom stereocenters. The Morgan fingerprint density at radius 1 is 0.727 bits per heavy atom. The molecule has 6 heteroatoms. The van der Waals surface area contributed by atoms with Gasteiger partial charge in [0, 0.05) is 0 Å². The van der Waals surface area contributed by atoms with Crippen molar-refractivity contribution in [2.75, 3.05) is 13.2 Å². The van der Waals surface area contributed by atoms with Crippen LogP contribution < -0.4 is 0 Å². The Morgan fingerprint density at radius 3 is 1.70 bits per heavy atom. The van der Waals surface area contributed by atoms with Gasteiger partial charge in [0.15, 0.2) is 0 Å². The smallest absolute Gasteiger partial charge is 0.336 e. The van der Waals surface area contributed by atoms with Crippen LogP contribution in [0.5, 0.6) is 0 Å². The second-order valence-corrected chi connectivity index (χ2v) is 11.3. The average Bonchev–Trinajstić information content (AvgIpc) is 3.03. The highest BCUT2D eigenvalue weighted by Crippen LogP contribution is 2.31. The summed E-state index contributed by atoms with van der Waals surface area (Å²) in [4.78, 5) is 24.8. The van der Waals surface area contributed by atoms with E-state index in [0.29, 0.717) is 0 Å². The van der Waals surface area contributed by atoms with Crippen LogP contribution in [-0.4, -0.2) is 47.6 Å². The molecule has 0 aliphatic carbocycles. The van der Waals surface area contributed by atoms with Gasteiger partial charge < -0.3 is 19.7 Å². The van der Waals surface area contributed by atoms with Crippen molar-refractivity contribution in [3.8, 4) is 22.3 Å². The van der Waals surface area contributed by atoms with Gasteiger partial charge in [0.25, 0.3) is 0 Å². The van der Waals surface area contributed by atoms with Crippen molar-refractivity contribution >= 4 is 11.9 Å². The molecule has 0 heterocycles. The highest BCUT2D eigenvalue weighted by Gasteiger charge is 2.22. The quantitative estimate of drug-likeness (QED) is 0.102. The Morgan fingerprint density at radius 2 is 1.23 bits per heavy atom. The molecule has 44 heavy (non-hydrogen) atoms. The lowest BCUT2D eigenvalue weighted by Gasteiger charge is -2.21. The Hall–Kier alpha value is -4.00. The molecule has 0 aliphatic heterocycles. The van der Waals surface area contributed by atoms with Gasteiger partial charge in [-0.05, 0) is 72.1 Å². The van der Waals surface area contributed by atoms with Crippen LogP contribution in [0.15, 0.2) is 91.0 Å². The Labute approximate surface area is 262 Å². The van der Waals surface area contributed by atoms with E-state index in [0.717, 1.165) is 40.7 Å². The number of rotatable bonds is 16. The van der Waals surface area contributed by atoms with Crippen LogP contribution in [0.1, 0.15) is 69.6 Å². The molecule has 0 radical (unpaired) electrons. The number of aliphatic hydroxyl groups excluding tert-OH is 2. The number of aliphatic hydroxyl groups is 2. The van der Waals surface area contributed by atoms with Gasteiger partial charge in [-0.3, -0.25) is 0 Å². The zero-order chi connectivity index (χ0) is 32.2. The van der Waals surface area contributed by atoms with Crippen LogP contribution in [0.2, 0.25) is 0 Å². The summed E-state index contributed by atoms with van der Waals surface area (Å²) in [5.74, 6) is -1.93. The van der Waals surface area contributed by atoms with E-state index in [2.05, 4.69) is 75.5 Å². The normalized spacial score (nSPS) is 13.0. The first-order valence-corrected chi connectivity index (χ1v) is 15.5. The van der Waals surface area contributed by atoms with E-state index >= 15 is 0 Å². The summed E-state index contributed by atoms with van der Waals surface area (Å²) in [6.45, 7) is 14.2. The molecule has 0 aliphatic rings. The molecule has 0 aromatic heterocycles. The maximum atomic E-state index is 12.4. The van der Waals surface area contributed by atoms with Gasteiger partial charge in [-0.15, -0.1) is 0 Å². The summed E-state index contributed by atoms with van der Waals surface area (Å²) < 4.78 is 10.9. The molecule has 0 fully saturated rings. The van der Waals surface area contributed by atoms with Crippen molar-refractivity contribution in [1.29, 1.82) is 0 Å². The Balaban J connectivity index is 1.81. The number of aryl methyl sites for hydroxylation is 2. The fourth-order valence-electron chi connectivity index (χ4n) is 4.85. The van der Waals surface area contributed by atoms with Crippen LogP contribution in [0.4, 0.5) is 0 Å². The standard InChI is InChI=1S/C38H46O6/c1-7-9-10-11-29-12-14-31(15-13-29)32-16-18-33(19-17-32)36-21-20-34(22-30(36)8-2)35(23-43-37(41)25(3)27(5)39)24-44-38(42)26(4)28(6)40/h12-22,27-28,35,39-40H,3-4,7-11,23-24H2,1-2,5-6H3. The van der Waals surface area contributed by atoms with E-state index in [-0.39, 0.29) is 24.4 Å². The molecule has 234 valence electrons. The molecule has 0 spiro atoms. The lowest BCUT2D eigenvalue weighted by atomic mass is 9.91. The molecular weight excluding hydrogens is 552 g/mol. The minimum atomic E-state index is -1.04. The minimum Gasteiger partial charge on any atom is -0.461 e. The minimum absolute atomic E-state index is 0.0563. The first-order valence-electron chi connectivity index (χ1n) is 15.5. The largest absolute Gasteiger partial charge is 0.461 e. The predicted molar refractivity (Wildman–Crippen MR) is 176 cm³/mol. The van der Waals surface area contributed by atoms with Gasteiger partial charge in [-0.25, -0.2) is 9.59 Å². The third-order valence-electron chi connectivity index (χ3n) is 7.90. The maximum absolute atomic E-state index is 12.4. The number of carbonyl (C=O) groups is 2. The van der Waals surface area contributed by atoms with Crippen molar-refractivity contribution < 1.29 is 29.3 Å². The predicted octanol–water partition coefficient (Wildman–Crippen LogP) is 7.36. The third kappa shape index (κ3) is 9.50. The molecular formula is C38H46O6. The highest BCUT2D eigenvalue weighted by atomic mass is 16.5. The van der Waals surface area contributed by atoms with Crippen molar-refractivity contribution in [1.82, 2.24) is 0 Å². The number of hydrogen-bond donors (Lipinski definition) is 2. The highest BCUT2D eigenvalue weighted by molar-refractivity contribution is 5.89. The molecule has 3 rings (SSSR count). The molecule has 3 aromatic carbocycles.